The summed E-state index contributed by atoms with van der Waals surface area (Å²) >= 11 is 7.68. The average molecular weight is 310 g/mol. The van der Waals surface area contributed by atoms with E-state index in [1.165, 1.54) is 11.3 Å². The van der Waals surface area contributed by atoms with Crippen LogP contribution in [0.4, 0.5) is 5.69 Å². The summed E-state index contributed by atoms with van der Waals surface area (Å²) in [4.78, 5) is 11.9. The van der Waals surface area contributed by atoms with Gasteiger partial charge in [0.2, 0.25) is 5.91 Å². The number of ether oxygens (including phenoxy) is 2. The molecule has 0 radical (unpaired) electrons. The van der Waals surface area contributed by atoms with Crippen LogP contribution in [0.25, 0.3) is 0 Å². The number of fused-ring (bicyclic) bond motifs is 1. The fraction of sp³-hybridized carbons (Fsp3) is 0.214. The highest BCUT2D eigenvalue weighted by molar-refractivity contribution is 7.08. The molecule has 1 aliphatic rings. The van der Waals surface area contributed by atoms with Gasteiger partial charge in [0.05, 0.1) is 17.1 Å². The van der Waals surface area contributed by atoms with Crippen molar-refractivity contribution in [3.63, 3.8) is 0 Å². The van der Waals surface area contributed by atoms with Crippen molar-refractivity contribution in [2.75, 3.05) is 18.5 Å². The Labute approximate surface area is 125 Å². The monoisotopic (exact) mass is 309 g/mol. The van der Waals surface area contributed by atoms with Crippen molar-refractivity contribution in [1.29, 1.82) is 0 Å². The molecule has 104 valence electrons. The molecule has 4 nitrogen and oxygen atoms in total. The predicted octanol–water partition coefficient (Wildman–Crippen LogP) is 3.35. The van der Waals surface area contributed by atoms with Crippen LogP contribution in [0.2, 0.25) is 5.02 Å². The van der Waals surface area contributed by atoms with Gasteiger partial charge in [-0.05, 0) is 29.1 Å². The highest BCUT2D eigenvalue weighted by Gasteiger charge is 2.17. The third-order valence-corrected chi connectivity index (χ3v) is 3.79. The van der Waals surface area contributed by atoms with E-state index in [0.29, 0.717) is 29.7 Å². The van der Waals surface area contributed by atoms with Gasteiger partial charge >= 0.3 is 0 Å². The van der Waals surface area contributed by atoms with Crippen LogP contribution >= 0.6 is 22.9 Å². The number of hydrogen-bond donors (Lipinski definition) is 1. The first-order valence-electron chi connectivity index (χ1n) is 6.12. The van der Waals surface area contributed by atoms with Crippen molar-refractivity contribution in [3.8, 4) is 11.5 Å². The lowest BCUT2D eigenvalue weighted by molar-refractivity contribution is -0.115. The van der Waals surface area contributed by atoms with Gasteiger partial charge in [0.15, 0.2) is 11.5 Å². The molecule has 3 rings (SSSR count). The molecule has 0 unspecified atom stereocenters. The van der Waals surface area contributed by atoms with Crippen LogP contribution in [-0.2, 0) is 11.2 Å². The van der Waals surface area contributed by atoms with E-state index in [0.717, 1.165) is 11.3 Å². The van der Waals surface area contributed by atoms with Crippen LogP contribution in [0.15, 0.2) is 29.0 Å². The lowest BCUT2D eigenvalue weighted by Gasteiger charge is -2.20. The molecular formula is C14H12ClNO3S. The Morgan fingerprint density at radius 2 is 2.20 bits per heavy atom. The maximum Gasteiger partial charge on any atom is 0.228 e. The number of nitrogens with one attached hydrogen (secondary N) is 1. The number of rotatable bonds is 3. The first-order chi connectivity index (χ1) is 9.72. The average Bonchev–Trinajstić information content (AvgIpc) is 2.91. The molecule has 0 fully saturated rings. The molecule has 1 aliphatic heterocycles. The molecule has 0 bridgehead atoms. The quantitative estimate of drug-likeness (QED) is 0.946. The number of anilines is 1. The van der Waals surface area contributed by atoms with Crippen molar-refractivity contribution in [1.82, 2.24) is 0 Å². The topological polar surface area (TPSA) is 47.6 Å². The van der Waals surface area contributed by atoms with Crippen LogP contribution in [0.5, 0.6) is 11.5 Å². The molecule has 0 saturated heterocycles. The van der Waals surface area contributed by atoms with E-state index >= 15 is 0 Å². The number of carbonyl (C=O) groups excluding carboxylic acids is 1. The molecule has 0 saturated carbocycles. The van der Waals surface area contributed by atoms with Crippen molar-refractivity contribution in [2.24, 2.45) is 0 Å². The molecule has 20 heavy (non-hydrogen) atoms. The van der Waals surface area contributed by atoms with E-state index < -0.39 is 0 Å². The lowest BCUT2D eigenvalue weighted by Crippen LogP contribution is -2.17. The fourth-order valence-corrected chi connectivity index (χ4v) is 2.87. The summed E-state index contributed by atoms with van der Waals surface area (Å²) in [6.45, 7) is 0.985. The lowest BCUT2D eigenvalue weighted by atomic mass is 10.1. The number of hydrogen-bond acceptors (Lipinski definition) is 4. The molecule has 0 aliphatic carbocycles. The van der Waals surface area contributed by atoms with Crippen molar-refractivity contribution < 1.29 is 14.3 Å². The van der Waals surface area contributed by atoms with Gasteiger partial charge in [-0.25, -0.2) is 0 Å². The molecule has 2 aromatic rings. The van der Waals surface area contributed by atoms with Gasteiger partial charge in [0, 0.05) is 5.38 Å². The SMILES string of the molecule is O=C(Cc1cc(Cl)c2c(c1)OCCO2)Nc1ccsc1. The third-order valence-electron chi connectivity index (χ3n) is 2.83. The van der Waals surface area contributed by atoms with Crippen LogP contribution in [-0.4, -0.2) is 19.1 Å². The zero-order valence-electron chi connectivity index (χ0n) is 10.5. The Morgan fingerprint density at radius 3 is 3.00 bits per heavy atom. The Kier molecular flexibility index (Phi) is 3.80. The number of benzene rings is 1. The summed E-state index contributed by atoms with van der Waals surface area (Å²) in [6.07, 6.45) is 0.242. The highest BCUT2D eigenvalue weighted by atomic mass is 35.5. The van der Waals surface area contributed by atoms with Crippen LogP contribution in [0, 0.1) is 0 Å². The fourth-order valence-electron chi connectivity index (χ4n) is 1.99. The molecule has 0 spiro atoms. The molecule has 0 atom stereocenters. The summed E-state index contributed by atoms with van der Waals surface area (Å²) in [7, 11) is 0. The van der Waals surface area contributed by atoms with Gasteiger partial charge < -0.3 is 14.8 Å². The van der Waals surface area contributed by atoms with Crippen LogP contribution in [0.3, 0.4) is 0 Å². The summed E-state index contributed by atoms with van der Waals surface area (Å²) in [5.41, 5.74) is 1.61. The minimum atomic E-state index is -0.0869. The minimum absolute atomic E-state index is 0.0869. The molecule has 2 heterocycles. The summed E-state index contributed by atoms with van der Waals surface area (Å²) in [6, 6.07) is 5.40. The molecular weight excluding hydrogens is 298 g/mol. The smallest absolute Gasteiger partial charge is 0.228 e. The van der Waals surface area contributed by atoms with Gasteiger partial charge in [-0.1, -0.05) is 11.6 Å². The zero-order valence-corrected chi connectivity index (χ0v) is 12.1. The normalized spacial score (nSPS) is 13.1. The number of thiophene rings is 1. The maximum absolute atomic E-state index is 11.9. The standard InChI is InChI=1S/C14H12ClNO3S/c15-11-5-9(6-12-14(11)19-3-2-18-12)7-13(17)16-10-1-4-20-8-10/h1,4-6,8H,2-3,7H2,(H,16,17). The van der Waals surface area contributed by atoms with Crippen molar-refractivity contribution >= 4 is 34.5 Å². The first kappa shape index (κ1) is 13.3. The van der Waals surface area contributed by atoms with E-state index in [9.17, 15) is 4.79 Å². The van der Waals surface area contributed by atoms with Gasteiger partial charge in [0.1, 0.15) is 13.2 Å². The maximum atomic E-state index is 11.9. The second kappa shape index (κ2) is 5.73. The second-order valence-electron chi connectivity index (χ2n) is 4.34. The summed E-state index contributed by atoms with van der Waals surface area (Å²) in [5, 5.41) is 7.10. The number of amides is 1. The van der Waals surface area contributed by atoms with Crippen molar-refractivity contribution in [2.45, 2.75) is 6.42 Å². The Balaban J connectivity index is 1.74. The van der Waals surface area contributed by atoms with Gasteiger partial charge in [0.25, 0.3) is 0 Å². The van der Waals surface area contributed by atoms with Crippen LogP contribution < -0.4 is 14.8 Å². The highest BCUT2D eigenvalue weighted by Crippen LogP contribution is 2.38. The van der Waals surface area contributed by atoms with E-state index in [1.807, 2.05) is 16.8 Å². The van der Waals surface area contributed by atoms with Gasteiger partial charge in [-0.15, -0.1) is 0 Å². The number of halogens is 1. The molecule has 1 N–H and O–H groups in total. The second-order valence-corrected chi connectivity index (χ2v) is 5.53. The Hall–Kier alpha value is -1.72. The molecule has 1 aromatic heterocycles. The van der Waals surface area contributed by atoms with Gasteiger partial charge in [-0.2, -0.15) is 11.3 Å². The zero-order chi connectivity index (χ0) is 13.9. The Morgan fingerprint density at radius 1 is 1.35 bits per heavy atom. The van der Waals surface area contributed by atoms with E-state index in [2.05, 4.69) is 5.32 Å². The molecule has 6 heteroatoms. The van der Waals surface area contributed by atoms with Gasteiger partial charge in [-0.3, -0.25) is 4.79 Å². The van der Waals surface area contributed by atoms with Crippen LogP contribution in [0.1, 0.15) is 5.56 Å². The van der Waals surface area contributed by atoms with E-state index in [1.54, 1.807) is 12.1 Å². The summed E-state index contributed by atoms with van der Waals surface area (Å²) in [5.74, 6) is 1.07. The Bertz CT molecular complexity index is 628. The number of carbonyl (C=O) groups is 1. The third kappa shape index (κ3) is 2.89. The first-order valence-corrected chi connectivity index (χ1v) is 7.44. The minimum Gasteiger partial charge on any atom is -0.486 e. The van der Waals surface area contributed by atoms with E-state index in [4.69, 9.17) is 21.1 Å². The summed E-state index contributed by atoms with van der Waals surface area (Å²) < 4.78 is 10.9. The largest absolute Gasteiger partial charge is 0.486 e. The molecule has 1 amide bonds. The van der Waals surface area contributed by atoms with Crippen molar-refractivity contribution in [3.05, 3.63) is 39.5 Å². The van der Waals surface area contributed by atoms with E-state index in [-0.39, 0.29) is 12.3 Å². The molecule has 1 aromatic carbocycles. The predicted molar refractivity (Wildman–Crippen MR) is 79.1 cm³/mol.